The fourth-order valence-corrected chi connectivity index (χ4v) is 3.04. The van der Waals surface area contributed by atoms with E-state index in [4.69, 9.17) is 0 Å². The summed E-state index contributed by atoms with van der Waals surface area (Å²) in [5.74, 6) is 0. The Morgan fingerprint density at radius 3 is 2.62 bits per heavy atom. The Kier molecular flexibility index (Phi) is 4.36. The van der Waals surface area contributed by atoms with Crippen LogP contribution in [0, 0.1) is 0 Å². The summed E-state index contributed by atoms with van der Waals surface area (Å²) in [6.07, 6.45) is 5.48. The minimum Gasteiger partial charge on any atom is -0.379 e. The molecule has 2 aromatic heterocycles. The average Bonchev–Trinajstić information content (AvgIpc) is 3.01. The largest absolute Gasteiger partial charge is 0.379 e. The minimum absolute atomic E-state index is 0.662. The third-order valence-corrected chi connectivity index (χ3v) is 4.10. The van der Waals surface area contributed by atoms with Gasteiger partial charge in [0.1, 0.15) is 0 Å². The first-order valence-corrected chi connectivity index (χ1v) is 7.95. The zero-order chi connectivity index (χ0) is 14.7. The Hall–Kier alpha value is -1.66. The number of halogens is 2. The van der Waals surface area contributed by atoms with Crippen molar-refractivity contribution in [2.45, 2.75) is 6.54 Å². The zero-order valence-corrected chi connectivity index (χ0v) is 14.2. The molecule has 1 N–H and O–H groups in total. The number of nitrogens with zero attached hydrogens (tertiary/aromatic N) is 3. The van der Waals surface area contributed by atoms with Crippen LogP contribution in [0.3, 0.4) is 0 Å². The van der Waals surface area contributed by atoms with Crippen molar-refractivity contribution in [3.05, 3.63) is 69.6 Å². The molecular weight excluding hydrogens is 396 g/mol. The highest BCUT2D eigenvalue weighted by atomic mass is 79.9. The Morgan fingerprint density at radius 1 is 1.14 bits per heavy atom. The molecule has 0 bridgehead atoms. The highest BCUT2D eigenvalue weighted by Gasteiger charge is 2.03. The highest BCUT2D eigenvalue weighted by Crippen LogP contribution is 2.21. The minimum atomic E-state index is 0.662. The van der Waals surface area contributed by atoms with Crippen molar-refractivity contribution < 1.29 is 0 Å². The van der Waals surface area contributed by atoms with Crippen LogP contribution in [-0.2, 0) is 6.54 Å². The molecule has 0 atom stereocenters. The second kappa shape index (κ2) is 6.41. The lowest BCUT2D eigenvalue weighted by Gasteiger charge is -2.09. The molecule has 0 aliphatic rings. The summed E-state index contributed by atoms with van der Waals surface area (Å²) in [6, 6.07) is 12.0. The van der Waals surface area contributed by atoms with Crippen LogP contribution >= 0.6 is 31.9 Å². The van der Waals surface area contributed by atoms with Crippen LogP contribution in [0.1, 0.15) is 5.69 Å². The molecule has 0 unspecified atom stereocenters. The fourth-order valence-electron chi connectivity index (χ4n) is 1.91. The van der Waals surface area contributed by atoms with Crippen LogP contribution in [0.25, 0.3) is 5.69 Å². The van der Waals surface area contributed by atoms with Crippen molar-refractivity contribution >= 4 is 37.5 Å². The van der Waals surface area contributed by atoms with Crippen LogP contribution in [0.5, 0.6) is 0 Å². The number of aromatic nitrogens is 3. The first-order chi connectivity index (χ1) is 10.2. The van der Waals surface area contributed by atoms with Gasteiger partial charge in [-0.2, -0.15) is 5.10 Å². The van der Waals surface area contributed by atoms with Gasteiger partial charge in [0.2, 0.25) is 0 Å². The van der Waals surface area contributed by atoms with Gasteiger partial charge in [-0.25, -0.2) is 4.68 Å². The van der Waals surface area contributed by atoms with Gasteiger partial charge in [-0.1, -0.05) is 0 Å². The van der Waals surface area contributed by atoms with Crippen molar-refractivity contribution in [3.8, 4) is 5.69 Å². The SMILES string of the molecule is Brc1cnc(CNc2ccc(-n3cccn3)cc2)c(Br)c1. The molecule has 0 aliphatic heterocycles. The van der Waals surface area contributed by atoms with E-state index in [1.54, 1.807) is 12.4 Å². The van der Waals surface area contributed by atoms with Crippen LogP contribution < -0.4 is 5.32 Å². The number of benzene rings is 1. The molecule has 1 aromatic carbocycles. The second-order valence-corrected chi connectivity index (χ2v) is 6.20. The number of pyridine rings is 1. The number of rotatable bonds is 4. The summed E-state index contributed by atoms with van der Waals surface area (Å²) >= 11 is 6.91. The number of nitrogens with one attached hydrogen (secondary N) is 1. The van der Waals surface area contributed by atoms with Crippen LogP contribution in [0.15, 0.2) is 63.9 Å². The monoisotopic (exact) mass is 406 g/mol. The molecule has 3 rings (SSSR count). The zero-order valence-electron chi connectivity index (χ0n) is 11.0. The van der Waals surface area contributed by atoms with E-state index in [1.165, 1.54) is 0 Å². The molecule has 21 heavy (non-hydrogen) atoms. The predicted molar refractivity (Wildman–Crippen MR) is 90.5 cm³/mol. The second-order valence-electron chi connectivity index (χ2n) is 4.43. The van der Waals surface area contributed by atoms with Gasteiger partial charge < -0.3 is 5.32 Å². The first kappa shape index (κ1) is 14.3. The van der Waals surface area contributed by atoms with E-state index in [9.17, 15) is 0 Å². The summed E-state index contributed by atoms with van der Waals surface area (Å²) in [5.41, 5.74) is 3.05. The molecule has 4 nitrogen and oxygen atoms in total. The lowest BCUT2D eigenvalue weighted by Crippen LogP contribution is -2.03. The summed E-state index contributed by atoms with van der Waals surface area (Å²) in [5, 5.41) is 7.56. The molecule has 0 spiro atoms. The van der Waals surface area contributed by atoms with Gasteiger partial charge in [-0.15, -0.1) is 0 Å². The summed E-state index contributed by atoms with van der Waals surface area (Å²) in [7, 11) is 0. The van der Waals surface area contributed by atoms with E-state index in [0.29, 0.717) is 6.54 Å². The molecule has 6 heteroatoms. The Balaban J connectivity index is 1.68. The molecule has 0 amide bonds. The Labute approximate surface area is 139 Å². The van der Waals surface area contributed by atoms with Gasteiger partial charge in [-0.05, 0) is 68.3 Å². The van der Waals surface area contributed by atoms with Crippen molar-refractivity contribution in [3.63, 3.8) is 0 Å². The number of anilines is 1. The Bertz CT molecular complexity index is 724. The quantitative estimate of drug-likeness (QED) is 0.696. The van der Waals surface area contributed by atoms with Crippen LogP contribution in [0.4, 0.5) is 5.69 Å². The third-order valence-electron chi connectivity index (χ3n) is 2.98. The summed E-state index contributed by atoms with van der Waals surface area (Å²) in [6.45, 7) is 0.662. The molecule has 3 aromatic rings. The molecule has 0 saturated carbocycles. The maximum absolute atomic E-state index is 4.38. The van der Waals surface area contributed by atoms with E-state index in [2.05, 4.69) is 47.3 Å². The number of hydrogen-bond acceptors (Lipinski definition) is 3. The van der Waals surface area contributed by atoms with Crippen molar-refractivity contribution in [1.29, 1.82) is 0 Å². The predicted octanol–water partition coefficient (Wildman–Crippen LogP) is 4.40. The molecule has 2 heterocycles. The fraction of sp³-hybridized carbons (Fsp3) is 0.0667. The Morgan fingerprint density at radius 2 is 1.95 bits per heavy atom. The smallest absolute Gasteiger partial charge is 0.0737 e. The van der Waals surface area contributed by atoms with E-state index >= 15 is 0 Å². The molecule has 0 aliphatic carbocycles. The van der Waals surface area contributed by atoms with Gasteiger partial charge in [-0.3, -0.25) is 4.98 Å². The van der Waals surface area contributed by atoms with Gasteiger partial charge >= 0.3 is 0 Å². The molecular formula is C15H12Br2N4. The normalized spacial score (nSPS) is 10.6. The molecule has 106 valence electrons. The van der Waals surface area contributed by atoms with Crippen LogP contribution in [-0.4, -0.2) is 14.8 Å². The summed E-state index contributed by atoms with van der Waals surface area (Å²) in [4.78, 5) is 4.38. The van der Waals surface area contributed by atoms with Gasteiger partial charge in [0.15, 0.2) is 0 Å². The standard InChI is InChI=1S/C15H12Br2N4/c16-11-8-14(17)15(19-9-11)10-18-12-2-4-13(5-3-12)21-7-1-6-20-21/h1-9,18H,10H2. The topological polar surface area (TPSA) is 42.7 Å². The average molecular weight is 408 g/mol. The van der Waals surface area contributed by atoms with Crippen molar-refractivity contribution in [1.82, 2.24) is 14.8 Å². The van der Waals surface area contributed by atoms with Crippen molar-refractivity contribution in [2.75, 3.05) is 5.32 Å². The molecule has 0 fully saturated rings. The van der Waals surface area contributed by atoms with Crippen LogP contribution in [0.2, 0.25) is 0 Å². The van der Waals surface area contributed by atoms with Gasteiger partial charge in [0, 0.05) is 33.2 Å². The highest BCUT2D eigenvalue weighted by molar-refractivity contribution is 9.11. The number of hydrogen-bond donors (Lipinski definition) is 1. The first-order valence-electron chi connectivity index (χ1n) is 6.36. The van der Waals surface area contributed by atoms with Gasteiger partial charge in [0.25, 0.3) is 0 Å². The van der Waals surface area contributed by atoms with E-state index in [-0.39, 0.29) is 0 Å². The maximum Gasteiger partial charge on any atom is 0.0737 e. The lowest BCUT2D eigenvalue weighted by molar-refractivity contribution is 0.880. The van der Waals surface area contributed by atoms with E-state index in [1.807, 2.05) is 47.3 Å². The van der Waals surface area contributed by atoms with Crippen molar-refractivity contribution in [2.24, 2.45) is 0 Å². The molecule has 0 radical (unpaired) electrons. The third kappa shape index (κ3) is 3.51. The van der Waals surface area contributed by atoms with E-state index < -0.39 is 0 Å². The van der Waals surface area contributed by atoms with Gasteiger partial charge in [0.05, 0.1) is 17.9 Å². The molecule has 0 saturated heterocycles. The maximum atomic E-state index is 4.38. The lowest BCUT2D eigenvalue weighted by atomic mass is 10.2. The van der Waals surface area contributed by atoms with E-state index in [0.717, 1.165) is 26.0 Å². The summed E-state index contributed by atoms with van der Waals surface area (Å²) < 4.78 is 3.77.